The minimum atomic E-state index is -2.50. The molecule has 0 unspecified atom stereocenters. The molecule has 0 aromatic heterocycles. The number of hydrogen-bond donors (Lipinski definition) is 6. The van der Waals surface area contributed by atoms with Crippen molar-refractivity contribution in [1.82, 2.24) is 0 Å². The molecule has 0 amide bonds. The summed E-state index contributed by atoms with van der Waals surface area (Å²) in [4.78, 5) is 0. The van der Waals surface area contributed by atoms with Crippen molar-refractivity contribution >= 4 is 46.3 Å². The van der Waals surface area contributed by atoms with Gasteiger partial charge in [0.2, 0.25) is 7.41 Å². The van der Waals surface area contributed by atoms with Gasteiger partial charge in [0.05, 0.1) is 33.6 Å². The third-order valence-corrected chi connectivity index (χ3v) is 25.4. The van der Waals surface area contributed by atoms with Crippen LogP contribution in [0, 0.1) is 74.1 Å². The summed E-state index contributed by atoms with van der Waals surface area (Å²) in [5, 5.41) is 62.8. The molecule has 0 atom stereocenters. The van der Waals surface area contributed by atoms with E-state index in [2.05, 4.69) is 218 Å². The molecular formula is C78H84Au3Cu2NO6P2. The van der Waals surface area contributed by atoms with Gasteiger partial charge < -0.3 is 105 Å². The summed E-state index contributed by atoms with van der Waals surface area (Å²) in [6, 6.07) is 65.7. The maximum Gasteiger partial charge on any atom is 1.00 e. The SMILES string of the molecule is [Au+].[Au+].[Au+].[C-]#CC1(O)CCCC1.[C-]#CC1(O)CCCC1.[C-]#CC1(O)CCCC1.[C-]#CC1(O)CCCC1.[C-]#CC1(O)CCCC1.[C-]#CC1(O)CCCC1.[Cu+].[Cu+].c1ccc(P(=N[P+](c2ccccc2)(c2ccccc2)c2ccccc2)(c2ccccc2)c2ccccc2)cc1. The van der Waals surface area contributed by atoms with E-state index in [9.17, 15) is 30.6 Å². The molecule has 0 saturated heterocycles. The fourth-order valence-corrected chi connectivity index (χ4v) is 21.3. The Balaban J connectivity index is 0.000000645. The largest absolute Gasteiger partial charge is 1.00 e. The zero-order valence-corrected chi connectivity index (χ0v) is 62.0. The molecule has 6 aliphatic rings. The van der Waals surface area contributed by atoms with E-state index in [4.69, 9.17) is 43.1 Å². The smallest absolute Gasteiger partial charge is 0.691 e. The maximum atomic E-state index is 9.20. The first-order valence-corrected chi connectivity index (χ1v) is 34.3. The van der Waals surface area contributed by atoms with Crippen LogP contribution < -0.4 is 31.8 Å². The molecule has 6 aromatic rings. The van der Waals surface area contributed by atoms with Gasteiger partial charge in [0.15, 0.2) is 0 Å². The molecule has 0 bridgehead atoms. The fourth-order valence-electron chi connectivity index (χ4n) is 11.8. The van der Waals surface area contributed by atoms with Crippen LogP contribution in [0.5, 0.6) is 0 Å². The minimum Gasteiger partial charge on any atom is -0.691 e. The van der Waals surface area contributed by atoms with E-state index in [1.807, 2.05) is 0 Å². The Morgan fingerprint density at radius 2 is 0.413 bits per heavy atom. The van der Waals surface area contributed by atoms with E-state index < -0.39 is 48.1 Å². The summed E-state index contributed by atoms with van der Waals surface area (Å²) in [6.45, 7) is 0. The molecule has 0 aliphatic heterocycles. The average Bonchev–Trinajstić information content (AvgIpc) is 0.790. The first kappa shape index (κ1) is 86.4. The van der Waals surface area contributed by atoms with Crippen molar-refractivity contribution < 1.29 is 132 Å². The number of aliphatic hydroxyl groups is 6. The molecule has 6 aromatic carbocycles. The molecule has 6 N–H and O–H groups in total. The van der Waals surface area contributed by atoms with Gasteiger partial charge in [-0.15, -0.1) is 4.52 Å². The van der Waals surface area contributed by atoms with E-state index >= 15 is 0 Å². The molecule has 502 valence electrons. The summed E-state index contributed by atoms with van der Waals surface area (Å²) in [7, 11) is -4.99. The Bertz CT molecular complexity index is 2890. The van der Waals surface area contributed by atoms with Gasteiger partial charge in [0.1, 0.15) is 23.0 Å². The molecule has 7 nitrogen and oxygen atoms in total. The van der Waals surface area contributed by atoms with Crippen LogP contribution in [0.1, 0.15) is 154 Å². The van der Waals surface area contributed by atoms with Crippen molar-refractivity contribution in [2.45, 2.75) is 188 Å². The number of nitrogens with zero attached hydrogens (tertiary/aromatic N) is 1. The van der Waals surface area contributed by atoms with E-state index in [0.717, 1.165) is 154 Å². The van der Waals surface area contributed by atoms with Crippen LogP contribution in [0.25, 0.3) is 0 Å². The second-order valence-electron chi connectivity index (χ2n) is 23.6. The predicted molar refractivity (Wildman–Crippen MR) is 356 cm³/mol. The van der Waals surface area contributed by atoms with Gasteiger partial charge in [-0.3, -0.25) is 0 Å². The standard InChI is InChI=1S/C36H30NP2.6C7H9O.3Au.2Cu/c1-7-19-31(20-8-1)38(32-21-9-2-10-22-32,33-23-11-3-12-24-33)37-39(34-25-13-4-14-26-34,35-27-15-5-16-28-35)36-29-17-6-18-30-36;6*1-2-7(8)5-3-4-6-7;;;;;/h1-30H;6*8H,3-6H2;;;;;/q+1;6*-1;5*+1. The maximum absolute atomic E-state index is 9.20. The quantitative estimate of drug-likeness (QED) is 0.0408. The predicted octanol–water partition coefficient (Wildman–Crippen LogP) is 12.3. The monoisotopic (exact) mass is 1910 g/mol. The van der Waals surface area contributed by atoms with Gasteiger partial charge in [0, 0.05) is 15.9 Å². The molecule has 6 saturated carbocycles. The van der Waals surface area contributed by atoms with Crippen molar-refractivity contribution in [3.8, 4) is 35.5 Å². The topological polar surface area (TPSA) is 134 Å². The van der Waals surface area contributed by atoms with Gasteiger partial charge in [-0.25, -0.2) is 0 Å². The second kappa shape index (κ2) is 42.8. The molecule has 6 fully saturated rings. The molecule has 92 heavy (non-hydrogen) atoms. The van der Waals surface area contributed by atoms with Crippen molar-refractivity contribution in [1.29, 1.82) is 0 Å². The van der Waals surface area contributed by atoms with Crippen molar-refractivity contribution in [3.63, 3.8) is 0 Å². The second-order valence-corrected chi connectivity index (χ2v) is 29.9. The van der Waals surface area contributed by atoms with E-state index in [1.165, 1.54) is 31.8 Å². The van der Waals surface area contributed by atoms with Gasteiger partial charge in [-0.1, -0.05) is 146 Å². The molecule has 0 spiro atoms. The molecule has 14 heteroatoms. The Kier molecular flexibility index (Phi) is 40.2. The minimum absolute atomic E-state index is 0. The Morgan fingerprint density at radius 3 is 0.543 bits per heavy atom. The summed E-state index contributed by atoms with van der Waals surface area (Å²) >= 11 is 0. The molecule has 12 rings (SSSR count). The van der Waals surface area contributed by atoms with Crippen LogP contribution in [0.15, 0.2) is 187 Å². The molecule has 0 radical (unpaired) electrons. The van der Waals surface area contributed by atoms with Gasteiger partial charge in [-0.05, 0) is 190 Å². The Hall–Kier alpha value is -3.64. The fraction of sp³-hybridized carbons (Fsp3) is 0.385. The van der Waals surface area contributed by atoms with Crippen LogP contribution in [-0.2, 0) is 101 Å². The van der Waals surface area contributed by atoms with E-state index in [0.29, 0.717) is 0 Å². The molecule has 0 heterocycles. The van der Waals surface area contributed by atoms with Crippen LogP contribution in [0.4, 0.5) is 0 Å². The Labute approximate surface area is 620 Å². The van der Waals surface area contributed by atoms with E-state index in [-0.39, 0.29) is 101 Å². The van der Waals surface area contributed by atoms with Gasteiger partial charge in [-0.2, -0.15) is 0 Å². The normalized spacial score (nSPS) is 18.0. The first-order chi connectivity index (χ1) is 41.9. The van der Waals surface area contributed by atoms with Crippen LogP contribution in [0.3, 0.4) is 0 Å². The van der Waals surface area contributed by atoms with Crippen LogP contribution >= 0.6 is 14.5 Å². The van der Waals surface area contributed by atoms with Crippen molar-refractivity contribution in [2.75, 3.05) is 0 Å². The zero-order chi connectivity index (χ0) is 62.6. The van der Waals surface area contributed by atoms with Crippen molar-refractivity contribution in [3.05, 3.63) is 221 Å². The summed E-state index contributed by atoms with van der Waals surface area (Å²) in [6.07, 6.45) is 61.5. The number of benzene rings is 6. The Morgan fingerprint density at radius 1 is 0.272 bits per heavy atom. The zero-order valence-electron chi connectivity index (χ0n) is 51.8. The molecular weight excluding hydrogens is 1830 g/mol. The van der Waals surface area contributed by atoms with E-state index in [1.54, 1.807) is 0 Å². The third kappa shape index (κ3) is 25.1. The third-order valence-electron chi connectivity index (χ3n) is 17.0. The summed E-state index contributed by atoms with van der Waals surface area (Å²) in [5.74, 6) is 12.9. The van der Waals surface area contributed by atoms with Gasteiger partial charge in [0.25, 0.3) is 0 Å². The van der Waals surface area contributed by atoms with Crippen LogP contribution in [0.2, 0.25) is 0 Å². The number of rotatable bonds is 7. The van der Waals surface area contributed by atoms with Crippen molar-refractivity contribution in [2.24, 2.45) is 4.52 Å². The summed E-state index contributed by atoms with van der Waals surface area (Å²) in [5.41, 5.74) is -5.08. The van der Waals surface area contributed by atoms with Crippen LogP contribution in [-0.4, -0.2) is 64.2 Å². The van der Waals surface area contributed by atoms with Gasteiger partial charge >= 0.3 is 101 Å². The average molecular weight is 1910 g/mol. The molecule has 6 aliphatic carbocycles. The summed E-state index contributed by atoms with van der Waals surface area (Å²) < 4.78 is 6.38. The number of hydrogen-bond acceptors (Lipinski definition) is 7. The first-order valence-electron chi connectivity index (χ1n) is 30.8.